The Morgan fingerprint density at radius 3 is 2.00 bits per heavy atom. The Kier molecular flexibility index (Phi) is 18.0. The number of nitrogens with two attached hydrogens (primary N) is 1. The van der Waals surface area contributed by atoms with Gasteiger partial charge >= 0.3 is 0 Å². The molecule has 0 aliphatic rings. The van der Waals surface area contributed by atoms with E-state index in [0.717, 1.165) is 12.8 Å². The van der Waals surface area contributed by atoms with Gasteiger partial charge in [-0.25, -0.2) is 0 Å². The number of phosphoric acid groups is 1. The highest BCUT2D eigenvalue weighted by Crippen LogP contribution is 2.38. The molecule has 0 aromatic carbocycles. The molecule has 3 N–H and O–H groups in total. The zero-order chi connectivity index (χ0) is 23.6. The zero-order valence-electron chi connectivity index (χ0n) is 20.5. The molecule has 0 rings (SSSR count). The summed E-state index contributed by atoms with van der Waals surface area (Å²) in [5, 5.41) is 10.0. The molecule has 0 amide bonds. The molecule has 0 aliphatic heterocycles. The van der Waals surface area contributed by atoms with E-state index in [1.165, 1.54) is 64.2 Å². The van der Waals surface area contributed by atoms with E-state index in [4.69, 9.17) is 14.8 Å². The fourth-order valence-electron chi connectivity index (χ4n) is 3.04. The Hall–Kier alpha value is -0.270. The van der Waals surface area contributed by atoms with Crippen LogP contribution in [0.2, 0.25) is 0 Å². The molecule has 0 aliphatic carbocycles. The van der Waals surface area contributed by atoms with Crippen molar-refractivity contribution in [3.05, 3.63) is 12.2 Å². The molecule has 3 atom stereocenters. The Morgan fingerprint density at radius 1 is 0.968 bits per heavy atom. The van der Waals surface area contributed by atoms with Crippen molar-refractivity contribution in [1.82, 2.24) is 0 Å². The first-order valence-electron chi connectivity index (χ1n) is 12.1. The van der Waals surface area contributed by atoms with Gasteiger partial charge in [0, 0.05) is 0 Å². The second kappa shape index (κ2) is 18.2. The minimum absolute atomic E-state index is 0.0426. The molecule has 0 saturated heterocycles. The highest BCUT2D eigenvalue weighted by Gasteiger charge is 2.18. The van der Waals surface area contributed by atoms with E-state index in [-0.39, 0.29) is 13.2 Å². The fraction of sp³-hybridized carbons (Fsp3) is 0.913. The molecular weight excluding hydrogens is 415 g/mol. The van der Waals surface area contributed by atoms with Gasteiger partial charge < -0.3 is 29.3 Å². The number of likely N-dealkylation sites (N-methyl/N-ethyl adjacent to an activating group) is 1. The summed E-state index contributed by atoms with van der Waals surface area (Å²) in [7, 11) is 1.41. The van der Waals surface area contributed by atoms with Crippen molar-refractivity contribution in [2.45, 2.75) is 96.1 Å². The molecule has 1 unspecified atom stereocenters. The number of unbranched alkanes of at least 4 members (excludes halogenated alkanes) is 11. The van der Waals surface area contributed by atoms with Gasteiger partial charge in [0.2, 0.25) is 0 Å². The molecule has 0 spiro atoms. The molecule has 7 nitrogen and oxygen atoms in total. The van der Waals surface area contributed by atoms with Gasteiger partial charge in [-0.3, -0.25) is 4.57 Å². The lowest BCUT2D eigenvalue weighted by molar-refractivity contribution is -0.870. The third-order valence-electron chi connectivity index (χ3n) is 5.18. The van der Waals surface area contributed by atoms with Crippen LogP contribution in [0.15, 0.2) is 12.2 Å². The maximum absolute atomic E-state index is 11.8. The van der Waals surface area contributed by atoms with Crippen LogP contribution in [-0.2, 0) is 13.6 Å². The number of hydrogen-bond acceptors (Lipinski definition) is 6. The fourth-order valence-corrected chi connectivity index (χ4v) is 3.78. The smallest absolute Gasteiger partial charge is 0.268 e. The predicted octanol–water partition coefficient (Wildman–Crippen LogP) is 4.14. The van der Waals surface area contributed by atoms with E-state index in [0.29, 0.717) is 11.0 Å². The first-order valence-corrected chi connectivity index (χ1v) is 13.5. The minimum atomic E-state index is -4.41. The molecular formula is C23H49N2O5P. The van der Waals surface area contributed by atoms with E-state index in [1.54, 1.807) is 6.08 Å². The Balaban J connectivity index is 3.74. The quantitative estimate of drug-likeness (QED) is 0.114. The van der Waals surface area contributed by atoms with Gasteiger partial charge in [0.05, 0.1) is 39.9 Å². The number of nitrogens with zero attached hydrogens (tertiary/aromatic N) is 1. The summed E-state index contributed by atoms with van der Waals surface area (Å²) >= 11 is 0. The molecule has 0 heterocycles. The number of allylic oxidation sites excluding steroid dienone is 1. The van der Waals surface area contributed by atoms with Gasteiger partial charge in [-0.15, -0.1) is 0 Å². The summed E-state index contributed by atoms with van der Waals surface area (Å²) in [4.78, 5) is 11.8. The number of quaternary nitrogens is 1. The third-order valence-corrected chi connectivity index (χ3v) is 6.15. The molecule has 0 bridgehead atoms. The maximum atomic E-state index is 11.8. The van der Waals surface area contributed by atoms with Crippen LogP contribution >= 0.6 is 7.82 Å². The minimum Gasteiger partial charge on any atom is -0.756 e. The largest absolute Gasteiger partial charge is 0.756 e. The SMILES string of the molecule is CCCCCCCCCCCCCC=C[C@@H](O)[C@@H](N)COP(=O)([O-])OCC[N+](C)(C)C. The van der Waals surface area contributed by atoms with Crippen molar-refractivity contribution in [2.24, 2.45) is 5.73 Å². The van der Waals surface area contributed by atoms with Gasteiger partial charge in [-0.2, -0.15) is 0 Å². The van der Waals surface area contributed by atoms with Crippen molar-refractivity contribution < 1.29 is 28.1 Å². The van der Waals surface area contributed by atoms with Crippen molar-refractivity contribution in [1.29, 1.82) is 0 Å². The van der Waals surface area contributed by atoms with Crippen LogP contribution in [0.1, 0.15) is 84.0 Å². The van der Waals surface area contributed by atoms with Gasteiger partial charge in [-0.05, 0) is 12.8 Å². The average molecular weight is 465 g/mol. The van der Waals surface area contributed by atoms with Crippen molar-refractivity contribution >= 4 is 7.82 Å². The lowest BCUT2D eigenvalue weighted by Crippen LogP contribution is -2.39. The normalized spacial score (nSPS) is 16.5. The van der Waals surface area contributed by atoms with Gasteiger partial charge in [0.1, 0.15) is 13.2 Å². The molecule has 0 aromatic heterocycles. The maximum Gasteiger partial charge on any atom is 0.268 e. The third kappa shape index (κ3) is 21.3. The second-order valence-corrected chi connectivity index (χ2v) is 10.9. The molecule has 31 heavy (non-hydrogen) atoms. The van der Waals surface area contributed by atoms with Crippen LogP contribution in [0.25, 0.3) is 0 Å². The Bertz CT molecular complexity index is 497. The summed E-state index contributed by atoms with van der Waals surface area (Å²) in [6.45, 7) is 2.51. The van der Waals surface area contributed by atoms with Gasteiger partial charge in [0.15, 0.2) is 0 Å². The topological polar surface area (TPSA) is 105 Å². The van der Waals surface area contributed by atoms with Crippen LogP contribution < -0.4 is 10.6 Å². The summed E-state index contributed by atoms with van der Waals surface area (Å²) in [5.41, 5.74) is 5.82. The van der Waals surface area contributed by atoms with E-state index < -0.39 is 20.0 Å². The molecule has 8 heteroatoms. The lowest BCUT2D eigenvalue weighted by atomic mass is 10.0. The summed E-state index contributed by atoms with van der Waals surface area (Å²) < 4.78 is 22.0. The van der Waals surface area contributed by atoms with Crippen LogP contribution in [-0.4, -0.2) is 62.6 Å². The molecule has 0 fully saturated rings. The summed E-state index contributed by atoms with van der Waals surface area (Å²) in [6, 6.07) is -0.821. The monoisotopic (exact) mass is 464 g/mol. The van der Waals surface area contributed by atoms with E-state index in [1.807, 2.05) is 27.2 Å². The molecule has 0 radical (unpaired) electrons. The first kappa shape index (κ1) is 30.7. The van der Waals surface area contributed by atoms with Crippen molar-refractivity contribution in [3.63, 3.8) is 0 Å². The van der Waals surface area contributed by atoms with Crippen molar-refractivity contribution in [2.75, 3.05) is 40.9 Å². The van der Waals surface area contributed by atoms with E-state index in [9.17, 15) is 14.6 Å². The summed E-state index contributed by atoms with van der Waals surface area (Å²) in [6.07, 6.45) is 17.8. The molecule has 0 aromatic rings. The van der Waals surface area contributed by atoms with Gasteiger partial charge in [0.25, 0.3) is 7.82 Å². The van der Waals surface area contributed by atoms with E-state index in [2.05, 4.69) is 6.92 Å². The van der Waals surface area contributed by atoms with Crippen LogP contribution in [0, 0.1) is 0 Å². The highest BCUT2D eigenvalue weighted by molar-refractivity contribution is 7.45. The summed E-state index contributed by atoms with van der Waals surface area (Å²) in [5.74, 6) is 0. The predicted molar refractivity (Wildman–Crippen MR) is 127 cm³/mol. The number of rotatable bonds is 21. The standard InChI is InChI=1S/C23H49N2O5P/c1-5-6-7-8-9-10-11-12-13-14-15-16-17-18-23(26)22(24)21-30-31(27,28)29-20-19-25(2,3)4/h17-18,22-23,26H,5-16,19-21,24H2,1-4H3/t22-,23+/m0/s1. The van der Waals surface area contributed by atoms with Crippen LogP contribution in [0.3, 0.4) is 0 Å². The Labute approximate surface area is 191 Å². The average Bonchev–Trinajstić information content (AvgIpc) is 2.68. The molecule has 0 saturated carbocycles. The molecule has 186 valence electrons. The lowest BCUT2D eigenvalue weighted by Gasteiger charge is -2.28. The number of aliphatic hydroxyl groups excluding tert-OH is 1. The number of hydrogen-bond donors (Lipinski definition) is 2. The van der Waals surface area contributed by atoms with Crippen LogP contribution in [0.4, 0.5) is 0 Å². The number of aliphatic hydroxyl groups is 1. The van der Waals surface area contributed by atoms with Crippen molar-refractivity contribution in [3.8, 4) is 0 Å². The first-order chi connectivity index (χ1) is 14.6. The van der Waals surface area contributed by atoms with E-state index >= 15 is 0 Å². The van der Waals surface area contributed by atoms with Gasteiger partial charge in [-0.1, -0.05) is 83.3 Å². The van der Waals surface area contributed by atoms with Crippen LogP contribution in [0.5, 0.6) is 0 Å². The highest BCUT2D eigenvalue weighted by atomic mass is 31.2. The zero-order valence-corrected chi connectivity index (χ0v) is 21.4. The Morgan fingerprint density at radius 2 is 1.48 bits per heavy atom. The second-order valence-electron chi connectivity index (χ2n) is 9.50. The number of phosphoric ester groups is 1.